The maximum Gasteiger partial charge on any atom is 0.185 e. The Balaban J connectivity index is 2.20. The molecule has 4 heteroatoms. The molecule has 0 aliphatic rings. The molecule has 19 heavy (non-hydrogen) atoms. The lowest BCUT2D eigenvalue weighted by Crippen LogP contribution is -1.93. The topological polar surface area (TPSA) is 56.0 Å². The number of carbonyl (C=O) groups excluding carboxylic acids is 1. The number of carbonyl (C=O) groups is 1. The van der Waals surface area contributed by atoms with Crippen molar-refractivity contribution in [1.29, 1.82) is 0 Å². The van der Waals surface area contributed by atoms with Crippen LogP contribution in [-0.2, 0) is 4.79 Å². The van der Waals surface area contributed by atoms with E-state index in [0.717, 1.165) is 22.1 Å². The van der Waals surface area contributed by atoms with Crippen molar-refractivity contribution in [1.82, 2.24) is 4.98 Å². The van der Waals surface area contributed by atoms with Crippen molar-refractivity contribution in [2.24, 2.45) is 0 Å². The van der Waals surface area contributed by atoms with Crippen molar-refractivity contribution >= 4 is 33.5 Å². The Morgan fingerprint density at radius 3 is 2.84 bits per heavy atom. The van der Waals surface area contributed by atoms with Gasteiger partial charge in [-0.05, 0) is 0 Å². The summed E-state index contributed by atoms with van der Waals surface area (Å²) in [6.07, 6.45) is 2.38. The maximum absolute atomic E-state index is 10.8. The largest absolute Gasteiger partial charge is 0.383 e. The van der Waals surface area contributed by atoms with Crippen LogP contribution in [0.5, 0.6) is 0 Å². The summed E-state index contributed by atoms with van der Waals surface area (Å²) in [5.41, 5.74) is 6.71. The van der Waals surface area contributed by atoms with Crippen LogP contribution in [0.25, 0.3) is 10.8 Å². The number of pyridine rings is 1. The van der Waals surface area contributed by atoms with E-state index in [-0.39, 0.29) is 5.12 Å². The van der Waals surface area contributed by atoms with Crippen LogP contribution in [-0.4, -0.2) is 15.9 Å². The fraction of sp³-hybridized carbons (Fsp3) is 0.200. The second-order valence-corrected chi connectivity index (χ2v) is 5.27. The molecule has 0 atom stereocenters. The molecule has 1 aromatic carbocycles. The fourth-order valence-corrected chi connectivity index (χ4v) is 2.21. The highest BCUT2D eigenvalue weighted by molar-refractivity contribution is 8.13. The number of benzene rings is 1. The highest BCUT2D eigenvalue weighted by Gasteiger charge is 2.02. The lowest BCUT2D eigenvalue weighted by Gasteiger charge is -2.02. The third-order valence-electron chi connectivity index (χ3n) is 2.58. The van der Waals surface area contributed by atoms with Gasteiger partial charge in [0, 0.05) is 36.1 Å². The van der Waals surface area contributed by atoms with Gasteiger partial charge in [0.25, 0.3) is 0 Å². The Kier molecular flexibility index (Phi) is 4.43. The number of thioether (sulfide) groups is 1. The highest BCUT2D eigenvalue weighted by Crippen LogP contribution is 2.21. The molecule has 0 aliphatic heterocycles. The third-order valence-corrected chi connectivity index (χ3v) is 3.40. The Bertz CT molecular complexity index is 671. The number of rotatable bonds is 2. The summed E-state index contributed by atoms with van der Waals surface area (Å²) in [7, 11) is 0. The van der Waals surface area contributed by atoms with Gasteiger partial charge >= 0.3 is 0 Å². The van der Waals surface area contributed by atoms with Gasteiger partial charge in [0.05, 0.1) is 5.56 Å². The van der Waals surface area contributed by atoms with Gasteiger partial charge in [0.2, 0.25) is 0 Å². The van der Waals surface area contributed by atoms with Crippen molar-refractivity contribution in [2.75, 3.05) is 11.5 Å². The van der Waals surface area contributed by atoms with Crippen LogP contribution in [0.3, 0.4) is 0 Å². The smallest absolute Gasteiger partial charge is 0.185 e. The molecule has 0 radical (unpaired) electrons. The molecule has 2 aromatic rings. The second-order valence-electron chi connectivity index (χ2n) is 3.99. The normalized spacial score (nSPS) is 9.95. The zero-order valence-electron chi connectivity index (χ0n) is 10.6. The van der Waals surface area contributed by atoms with Crippen molar-refractivity contribution in [3.8, 4) is 11.8 Å². The minimum absolute atomic E-state index is 0.126. The molecule has 0 unspecified atom stereocenters. The summed E-state index contributed by atoms with van der Waals surface area (Å²) < 4.78 is 0. The minimum atomic E-state index is 0.126. The SMILES string of the molecule is CC(=O)SCCC#Cc1cnc(N)c2ccccc12. The molecular formula is C15H14N2OS. The van der Waals surface area contributed by atoms with E-state index >= 15 is 0 Å². The molecule has 2 N–H and O–H groups in total. The maximum atomic E-state index is 10.8. The third kappa shape index (κ3) is 3.49. The summed E-state index contributed by atoms with van der Waals surface area (Å²) in [4.78, 5) is 14.9. The Hall–Kier alpha value is -1.99. The predicted molar refractivity (Wildman–Crippen MR) is 80.8 cm³/mol. The highest BCUT2D eigenvalue weighted by atomic mass is 32.2. The zero-order valence-corrected chi connectivity index (χ0v) is 11.5. The monoisotopic (exact) mass is 270 g/mol. The summed E-state index contributed by atoms with van der Waals surface area (Å²) >= 11 is 1.30. The molecule has 0 fully saturated rings. The van der Waals surface area contributed by atoms with Gasteiger partial charge in [-0.2, -0.15) is 0 Å². The predicted octanol–water partition coefficient (Wildman–Crippen LogP) is 2.84. The first-order valence-electron chi connectivity index (χ1n) is 5.94. The second kappa shape index (κ2) is 6.26. The van der Waals surface area contributed by atoms with E-state index in [9.17, 15) is 4.79 Å². The molecule has 96 valence electrons. The van der Waals surface area contributed by atoms with E-state index in [4.69, 9.17) is 5.73 Å². The van der Waals surface area contributed by atoms with E-state index in [1.807, 2.05) is 24.3 Å². The van der Waals surface area contributed by atoms with Crippen LogP contribution >= 0.6 is 11.8 Å². The molecule has 1 aromatic heterocycles. The zero-order chi connectivity index (χ0) is 13.7. The van der Waals surface area contributed by atoms with E-state index in [2.05, 4.69) is 16.8 Å². The quantitative estimate of drug-likeness (QED) is 0.673. The van der Waals surface area contributed by atoms with Gasteiger partial charge in [-0.1, -0.05) is 47.9 Å². The summed E-state index contributed by atoms with van der Waals surface area (Å²) in [6.45, 7) is 1.56. The number of nitrogens with two attached hydrogens (primary N) is 1. The number of anilines is 1. The molecular weight excluding hydrogens is 256 g/mol. The average Bonchev–Trinajstić information content (AvgIpc) is 2.41. The average molecular weight is 270 g/mol. The molecule has 0 bridgehead atoms. The number of nitrogens with zero attached hydrogens (tertiary/aromatic N) is 1. The Morgan fingerprint density at radius 1 is 1.37 bits per heavy atom. The van der Waals surface area contributed by atoms with Crippen LogP contribution in [0.2, 0.25) is 0 Å². The van der Waals surface area contributed by atoms with E-state index in [1.54, 1.807) is 13.1 Å². The van der Waals surface area contributed by atoms with Crippen LogP contribution in [0, 0.1) is 11.8 Å². The van der Waals surface area contributed by atoms with Gasteiger partial charge in [0.15, 0.2) is 5.12 Å². The first kappa shape index (κ1) is 13.4. The van der Waals surface area contributed by atoms with Crippen LogP contribution in [0.15, 0.2) is 30.5 Å². The number of nitrogen functional groups attached to an aromatic ring is 1. The van der Waals surface area contributed by atoms with E-state index < -0.39 is 0 Å². The van der Waals surface area contributed by atoms with Gasteiger partial charge < -0.3 is 5.73 Å². The van der Waals surface area contributed by atoms with Crippen LogP contribution < -0.4 is 5.73 Å². The number of fused-ring (bicyclic) bond motifs is 1. The Labute approximate surface area is 116 Å². The summed E-state index contributed by atoms with van der Waals surface area (Å²) in [5.74, 6) is 7.41. The molecule has 0 saturated carbocycles. The summed E-state index contributed by atoms with van der Waals surface area (Å²) in [5, 5.41) is 2.07. The van der Waals surface area contributed by atoms with Gasteiger partial charge in [-0.25, -0.2) is 4.98 Å². The number of aromatic nitrogens is 1. The van der Waals surface area contributed by atoms with Gasteiger partial charge in [-0.3, -0.25) is 4.79 Å². The van der Waals surface area contributed by atoms with Crippen LogP contribution in [0.4, 0.5) is 5.82 Å². The summed E-state index contributed by atoms with van der Waals surface area (Å²) in [6, 6.07) is 7.82. The standard InChI is InChI=1S/C15H14N2OS/c1-11(18)19-9-5-4-6-12-10-17-15(16)14-8-3-2-7-13(12)14/h2-3,7-8,10H,5,9H2,1H3,(H2,16,17). The lowest BCUT2D eigenvalue weighted by atomic mass is 10.1. The van der Waals surface area contributed by atoms with Crippen molar-refractivity contribution in [3.63, 3.8) is 0 Å². The Morgan fingerprint density at radius 2 is 2.11 bits per heavy atom. The molecule has 0 aliphatic carbocycles. The molecule has 2 rings (SSSR count). The van der Waals surface area contributed by atoms with Crippen LogP contribution in [0.1, 0.15) is 18.9 Å². The molecule has 0 spiro atoms. The number of hydrogen-bond donors (Lipinski definition) is 1. The van der Waals surface area contributed by atoms with E-state index in [1.165, 1.54) is 11.8 Å². The van der Waals surface area contributed by atoms with Crippen molar-refractivity contribution in [2.45, 2.75) is 13.3 Å². The molecule has 1 heterocycles. The van der Waals surface area contributed by atoms with Crippen molar-refractivity contribution in [3.05, 3.63) is 36.0 Å². The van der Waals surface area contributed by atoms with Gasteiger partial charge in [-0.15, -0.1) is 0 Å². The fourth-order valence-electron chi connectivity index (χ4n) is 1.72. The van der Waals surface area contributed by atoms with Gasteiger partial charge in [0.1, 0.15) is 5.82 Å². The minimum Gasteiger partial charge on any atom is -0.383 e. The number of hydrogen-bond acceptors (Lipinski definition) is 4. The molecule has 0 saturated heterocycles. The molecule has 0 amide bonds. The van der Waals surface area contributed by atoms with E-state index in [0.29, 0.717) is 12.2 Å². The lowest BCUT2D eigenvalue weighted by molar-refractivity contribution is -0.109. The molecule has 3 nitrogen and oxygen atoms in total. The first-order valence-corrected chi connectivity index (χ1v) is 6.92. The first-order chi connectivity index (χ1) is 9.18. The van der Waals surface area contributed by atoms with Crippen molar-refractivity contribution < 1.29 is 4.79 Å².